The molecule has 0 fully saturated rings. The van der Waals surface area contributed by atoms with E-state index in [1.807, 2.05) is 20.8 Å². The largest absolute Gasteiger partial charge is 0.324 e. The number of hydrogen-bond donors (Lipinski definition) is 1. The van der Waals surface area contributed by atoms with Gasteiger partial charge < -0.3 is 5.73 Å². The molecule has 2 rings (SSSR count). The van der Waals surface area contributed by atoms with Crippen LogP contribution in [0.25, 0.3) is 0 Å². The predicted octanol–water partition coefficient (Wildman–Crippen LogP) is 4.13. The maximum absolute atomic E-state index is 13.7. The SMILES string of the molecule is Cc1cc(C)c(C(N)Cc2cccc(F)c2F)c(C)c1. The van der Waals surface area contributed by atoms with E-state index in [4.69, 9.17) is 5.73 Å². The van der Waals surface area contributed by atoms with Crippen molar-refractivity contribution < 1.29 is 8.78 Å². The quantitative estimate of drug-likeness (QED) is 0.895. The number of halogens is 2. The molecule has 0 aromatic heterocycles. The first-order chi connectivity index (χ1) is 9.40. The molecule has 0 aliphatic rings. The van der Waals surface area contributed by atoms with Crippen molar-refractivity contribution in [2.45, 2.75) is 33.2 Å². The highest BCUT2D eigenvalue weighted by molar-refractivity contribution is 5.40. The van der Waals surface area contributed by atoms with Crippen LogP contribution in [-0.4, -0.2) is 0 Å². The van der Waals surface area contributed by atoms with Crippen molar-refractivity contribution in [1.82, 2.24) is 0 Å². The molecule has 1 atom stereocenters. The van der Waals surface area contributed by atoms with Gasteiger partial charge in [-0.3, -0.25) is 0 Å². The molecular weight excluding hydrogens is 256 g/mol. The molecule has 0 saturated carbocycles. The zero-order valence-electron chi connectivity index (χ0n) is 12.0. The summed E-state index contributed by atoms with van der Waals surface area (Å²) in [5, 5.41) is 0. The molecule has 0 aliphatic heterocycles. The van der Waals surface area contributed by atoms with Crippen LogP contribution in [0.15, 0.2) is 30.3 Å². The number of benzene rings is 2. The van der Waals surface area contributed by atoms with Crippen molar-refractivity contribution in [3.8, 4) is 0 Å². The highest BCUT2D eigenvalue weighted by Gasteiger charge is 2.16. The fourth-order valence-electron chi connectivity index (χ4n) is 2.82. The van der Waals surface area contributed by atoms with Gasteiger partial charge in [0.05, 0.1) is 0 Å². The van der Waals surface area contributed by atoms with E-state index in [2.05, 4.69) is 12.1 Å². The van der Waals surface area contributed by atoms with Crippen LogP contribution >= 0.6 is 0 Å². The zero-order chi connectivity index (χ0) is 14.9. The minimum Gasteiger partial charge on any atom is -0.324 e. The molecule has 1 unspecified atom stereocenters. The predicted molar refractivity (Wildman–Crippen MR) is 77.6 cm³/mol. The van der Waals surface area contributed by atoms with Crippen LogP contribution in [0.5, 0.6) is 0 Å². The molecule has 0 heterocycles. The van der Waals surface area contributed by atoms with Crippen molar-refractivity contribution >= 4 is 0 Å². The summed E-state index contributed by atoms with van der Waals surface area (Å²) >= 11 is 0. The molecule has 0 saturated heterocycles. The van der Waals surface area contributed by atoms with Crippen molar-refractivity contribution in [2.24, 2.45) is 5.73 Å². The summed E-state index contributed by atoms with van der Waals surface area (Å²) in [5.74, 6) is -1.63. The minimum absolute atomic E-state index is 0.286. The molecule has 106 valence electrons. The number of nitrogens with two attached hydrogens (primary N) is 1. The maximum atomic E-state index is 13.7. The van der Waals surface area contributed by atoms with Gasteiger partial charge in [0.1, 0.15) is 0 Å². The van der Waals surface area contributed by atoms with E-state index in [9.17, 15) is 8.78 Å². The third kappa shape index (κ3) is 2.88. The Labute approximate surface area is 118 Å². The Balaban J connectivity index is 2.33. The van der Waals surface area contributed by atoms with Gasteiger partial charge in [-0.1, -0.05) is 29.8 Å². The topological polar surface area (TPSA) is 26.0 Å². The van der Waals surface area contributed by atoms with Crippen LogP contribution in [0.2, 0.25) is 0 Å². The molecule has 0 radical (unpaired) electrons. The first kappa shape index (κ1) is 14.7. The Morgan fingerprint density at radius 3 is 2.25 bits per heavy atom. The highest BCUT2D eigenvalue weighted by atomic mass is 19.2. The Morgan fingerprint density at radius 1 is 1.05 bits per heavy atom. The number of rotatable bonds is 3. The van der Waals surface area contributed by atoms with Gasteiger partial charge in [-0.05, 0) is 55.5 Å². The third-order valence-electron chi connectivity index (χ3n) is 3.58. The Hall–Kier alpha value is -1.74. The van der Waals surface area contributed by atoms with Crippen LogP contribution in [-0.2, 0) is 6.42 Å². The first-order valence-electron chi connectivity index (χ1n) is 6.66. The lowest BCUT2D eigenvalue weighted by molar-refractivity contribution is 0.494. The second-order valence-electron chi connectivity index (χ2n) is 5.34. The molecule has 1 nitrogen and oxygen atoms in total. The number of hydrogen-bond acceptors (Lipinski definition) is 1. The van der Waals surface area contributed by atoms with Gasteiger partial charge in [0.2, 0.25) is 0 Å². The molecule has 2 aromatic carbocycles. The van der Waals surface area contributed by atoms with Gasteiger partial charge >= 0.3 is 0 Å². The van der Waals surface area contributed by atoms with E-state index in [0.717, 1.165) is 22.8 Å². The summed E-state index contributed by atoms with van der Waals surface area (Å²) in [7, 11) is 0. The smallest absolute Gasteiger partial charge is 0.162 e. The molecule has 0 bridgehead atoms. The number of aryl methyl sites for hydroxylation is 3. The van der Waals surface area contributed by atoms with E-state index < -0.39 is 11.6 Å². The minimum atomic E-state index is -0.827. The molecular formula is C17H19F2N. The Bertz CT molecular complexity index is 612. The van der Waals surface area contributed by atoms with E-state index in [0.29, 0.717) is 5.56 Å². The molecule has 3 heteroatoms. The van der Waals surface area contributed by atoms with Crippen LogP contribution in [0, 0.1) is 32.4 Å². The van der Waals surface area contributed by atoms with E-state index >= 15 is 0 Å². The van der Waals surface area contributed by atoms with E-state index in [1.165, 1.54) is 11.6 Å². The second-order valence-corrected chi connectivity index (χ2v) is 5.34. The monoisotopic (exact) mass is 275 g/mol. The van der Waals surface area contributed by atoms with Gasteiger partial charge in [-0.15, -0.1) is 0 Å². The fraction of sp³-hybridized carbons (Fsp3) is 0.294. The second kappa shape index (κ2) is 5.71. The van der Waals surface area contributed by atoms with E-state index in [1.54, 1.807) is 6.07 Å². The van der Waals surface area contributed by atoms with E-state index in [-0.39, 0.29) is 12.5 Å². The molecule has 0 aliphatic carbocycles. The third-order valence-corrected chi connectivity index (χ3v) is 3.58. The highest BCUT2D eigenvalue weighted by Crippen LogP contribution is 2.26. The summed E-state index contributed by atoms with van der Waals surface area (Å²) in [6, 6.07) is 7.99. The molecule has 0 spiro atoms. The van der Waals surface area contributed by atoms with Crippen LogP contribution < -0.4 is 5.73 Å². The van der Waals surface area contributed by atoms with Gasteiger partial charge in [-0.2, -0.15) is 0 Å². The average molecular weight is 275 g/mol. The lowest BCUT2D eigenvalue weighted by atomic mass is 9.91. The summed E-state index contributed by atoms with van der Waals surface area (Å²) in [4.78, 5) is 0. The fourth-order valence-corrected chi connectivity index (χ4v) is 2.82. The molecule has 20 heavy (non-hydrogen) atoms. The first-order valence-corrected chi connectivity index (χ1v) is 6.66. The Kier molecular flexibility index (Phi) is 4.19. The van der Waals surface area contributed by atoms with Crippen LogP contribution in [0.1, 0.15) is 33.9 Å². The van der Waals surface area contributed by atoms with Crippen LogP contribution in [0.4, 0.5) is 8.78 Å². The lowest BCUT2D eigenvalue weighted by Crippen LogP contribution is -2.17. The lowest BCUT2D eigenvalue weighted by Gasteiger charge is -2.19. The van der Waals surface area contributed by atoms with Gasteiger partial charge in [-0.25, -0.2) is 8.78 Å². The van der Waals surface area contributed by atoms with Crippen molar-refractivity contribution in [2.75, 3.05) is 0 Å². The van der Waals surface area contributed by atoms with Gasteiger partial charge in [0.25, 0.3) is 0 Å². The summed E-state index contributed by atoms with van der Waals surface area (Å²) in [5.41, 5.74) is 10.9. The summed E-state index contributed by atoms with van der Waals surface area (Å²) in [6.07, 6.45) is 0.286. The molecule has 0 amide bonds. The molecule has 2 N–H and O–H groups in total. The summed E-state index contributed by atoms with van der Waals surface area (Å²) in [6.45, 7) is 6.02. The van der Waals surface area contributed by atoms with Gasteiger partial charge in [0, 0.05) is 6.04 Å². The summed E-state index contributed by atoms with van der Waals surface area (Å²) < 4.78 is 26.9. The van der Waals surface area contributed by atoms with Gasteiger partial charge in [0.15, 0.2) is 11.6 Å². The maximum Gasteiger partial charge on any atom is 0.162 e. The van der Waals surface area contributed by atoms with Crippen LogP contribution in [0.3, 0.4) is 0 Å². The Morgan fingerprint density at radius 2 is 1.65 bits per heavy atom. The molecule has 2 aromatic rings. The zero-order valence-corrected chi connectivity index (χ0v) is 12.0. The van der Waals surface area contributed by atoms with Crippen molar-refractivity contribution in [1.29, 1.82) is 0 Å². The standard InChI is InChI=1S/C17H19F2N/c1-10-7-11(2)16(12(3)8-10)15(20)9-13-5-4-6-14(18)17(13)19/h4-8,15H,9,20H2,1-3H3. The van der Waals surface area contributed by atoms with Crippen molar-refractivity contribution in [3.05, 3.63) is 69.8 Å². The average Bonchev–Trinajstić information content (AvgIpc) is 2.33. The van der Waals surface area contributed by atoms with Crippen molar-refractivity contribution in [3.63, 3.8) is 0 Å². The normalized spacial score (nSPS) is 12.5.